The SMILES string of the molecule is CC(C)C(NC(=O)C(N)C(C)O)C(=O)NCC(=O)NC(Cc1ccc(O)cc1)C(=O)NCC(=O)NC(CC(=O)O)C(=O)O. The molecule has 238 valence electrons. The zero-order valence-electron chi connectivity index (χ0n) is 23.8. The lowest BCUT2D eigenvalue weighted by Gasteiger charge is -2.24. The van der Waals surface area contributed by atoms with Gasteiger partial charge in [-0.15, -0.1) is 0 Å². The third-order valence-corrected chi connectivity index (χ3v) is 5.96. The first-order chi connectivity index (χ1) is 20.0. The van der Waals surface area contributed by atoms with Gasteiger partial charge in [-0.3, -0.25) is 28.8 Å². The highest BCUT2D eigenvalue weighted by Gasteiger charge is 2.29. The number of phenols is 1. The number of nitrogens with two attached hydrogens (primary N) is 1. The minimum absolute atomic E-state index is 0.0521. The Morgan fingerprint density at radius 2 is 1.28 bits per heavy atom. The van der Waals surface area contributed by atoms with Crippen LogP contribution in [0.5, 0.6) is 5.75 Å². The quantitative estimate of drug-likeness (QED) is 0.0824. The summed E-state index contributed by atoms with van der Waals surface area (Å²) >= 11 is 0. The summed E-state index contributed by atoms with van der Waals surface area (Å²) in [4.78, 5) is 84.6. The predicted molar refractivity (Wildman–Crippen MR) is 148 cm³/mol. The number of phenolic OH excluding ortho intramolecular Hbond substituents is 1. The molecule has 0 saturated heterocycles. The first kappa shape index (κ1) is 36.3. The van der Waals surface area contributed by atoms with Crippen LogP contribution in [-0.4, -0.2) is 105 Å². The van der Waals surface area contributed by atoms with Crippen LogP contribution in [0, 0.1) is 5.92 Å². The third-order valence-electron chi connectivity index (χ3n) is 5.96. The molecule has 43 heavy (non-hydrogen) atoms. The van der Waals surface area contributed by atoms with Crippen LogP contribution in [0.2, 0.25) is 0 Å². The summed E-state index contributed by atoms with van der Waals surface area (Å²) in [5, 5.41) is 48.3. The fourth-order valence-electron chi connectivity index (χ4n) is 3.51. The number of nitrogens with one attached hydrogen (secondary N) is 5. The molecule has 17 nitrogen and oxygen atoms in total. The highest BCUT2D eigenvalue weighted by molar-refractivity contribution is 5.95. The molecule has 17 heteroatoms. The highest BCUT2D eigenvalue weighted by atomic mass is 16.4. The molecule has 5 atom stereocenters. The molecule has 0 fully saturated rings. The van der Waals surface area contributed by atoms with Gasteiger partial charge in [-0.05, 0) is 30.5 Å². The van der Waals surface area contributed by atoms with Crippen LogP contribution in [0.1, 0.15) is 32.8 Å². The number of aromatic hydroxyl groups is 1. The van der Waals surface area contributed by atoms with Crippen LogP contribution in [0.25, 0.3) is 0 Å². The largest absolute Gasteiger partial charge is 0.508 e. The van der Waals surface area contributed by atoms with E-state index >= 15 is 0 Å². The van der Waals surface area contributed by atoms with Crippen LogP contribution in [0.4, 0.5) is 0 Å². The van der Waals surface area contributed by atoms with Gasteiger partial charge in [0.05, 0.1) is 25.6 Å². The summed E-state index contributed by atoms with van der Waals surface area (Å²) < 4.78 is 0. The molecule has 1 aromatic carbocycles. The van der Waals surface area contributed by atoms with Crippen molar-refractivity contribution >= 4 is 41.5 Å². The number of carboxylic acid groups (broad SMARTS) is 2. The van der Waals surface area contributed by atoms with Gasteiger partial charge in [0.25, 0.3) is 0 Å². The number of rotatable bonds is 17. The second kappa shape index (κ2) is 17.2. The van der Waals surface area contributed by atoms with Gasteiger partial charge in [-0.1, -0.05) is 26.0 Å². The summed E-state index contributed by atoms with van der Waals surface area (Å²) in [7, 11) is 0. The molecular weight excluding hydrogens is 572 g/mol. The van der Waals surface area contributed by atoms with Crippen LogP contribution >= 0.6 is 0 Å². The van der Waals surface area contributed by atoms with Gasteiger partial charge in [-0.2, -0.15) is 0 Å². The predicted octanol–water partition coefficient (Wildman–Crippen LogP) is -3.46. The molecule has 5 unspecified atom stereocenters. The fraction of sp³-hybridized carbons (Fsp3) is 0.500. The summed E-state index contributed by atoms with van der Waals surface area (Å²) in [5.74, 6) is -7.74. The Bertz CT molecular complexity index is 1170. The Balaban J connectivity index is 2.90. The van der Waals surface area contributed by atoms with Crippen molar-refractivity contribution in [2.75, 3.05) is 13.1 Å². The summed E-state index contributed by atoms with van der Waals surface area (Å²) in [6, 6.07) is 0.221. The molecule has 0 bridgehead atoms. The minimum Gasteiger partial charge on any atom is -0.508 e. The second-order valence-corrected chi connectivity index (χ2v) is 9.98. The van der Waals surface area contributed by atoms with Crippen LogP contribution in [-0.2, 0) is 40.0 Å². The maximum atomic E-state index is 12.9. The Morgan fingerprint density at radius 1 is 0.767 bits per heavy atom. The van der Waals surface area contributed by atoms with Crippen LogP contribution in [0.3, 0.4) is 0 Å². The number of hydrogen-bond acceptors (Lipinski definition) is 10. The van der Waals surface area contributed by atoms with Gasteiger partial charge >= 0.3 is 11.9 Å². The molecule has 0 saturated carbocycles. The van der Waals surface area contributed by atoms with Gasteiger partial charge in [-0.25, -0.2) is 4.79 Å². The topological polar surface area (TPSA) is 287 Å². The van der Waals surface area contributed by atoms with Crippen molar-refractivity contribution in [3.63, 3.8) is 0 Å². The lowest BCUT2D eigenvalue weighted by Crippen LogP contribution is -2.57. The van der Waals surface area contributed by atoms with E-state index in [1.807, 2.05) is 5.32 Å². The Labute approximate surface area is 246 Å². The van der Waals surface area contributed by atoms with E-state index in [1.165, 1.54) is 31.2 Å². The average molecular weight is 611 g/mol. The fourth-order valence-corrected chi connectivity index (χ4v) is 3.51. The number of aliphatic carboxylic acids is 2. The number of carboxylic acids is 2. The average Bonchev–Trinajstić information content (AvgIpc) is 2.92. The van der Waals surface area contributed by atoms with Gasteiger partial charge in [0.1, 0.15) is 29.9 Å². The van der Waals surface area contributed by atoms with E-state index in [2.05, 4.69) is 21.3 Å². The summed E-state index contributed by atoms with van der Waals surface area (Å²) in [6.45, 7) is 3.21. The highest BCUT2D eigenvalue weighted by Crippen LogP contribution is 2.11. The molecule has 0 radical (unpaired) electrons. The number of aliphatic hydroxyl groups excluding tert-OH is 1. The molecule has 0 aromatic heterocycles. The van der Waals surface area contributed by atoms with Crippen molar-refractivity contribution in [3.8, 4) is 5.75 Å². The molecule has 11 N–H and O–H groups in total. The summed E-state index contributed by atoms with van der Waals surface area (Å²) in [5.41, 5.74) is 6.10. The van der Waals surface area contributed by atoms with E-state index in [9.17, 15) is 43.8 Å². The number of carbonyl (C=O) groups excluding carboxylic acids is 5. The number of hydrogen-bond donors (Lipinski definition) is 10. The van der Waals surface area contributed by atoms with Crippen molar-refractivity contribution in [1.29, 1.82) is 0 Å². The van der Waals surface area contributed by atoms with Gasteiger partial charge in [0.2, 0.25) is 29.5 Å². The zero-order valence-corrected chi connectivity index (χ0v) is 23.8. The first-order valence-electron chi connectivity index (χ1n) is 13.1. The minimum atomic E-state index is -1.74. The third kappa shape index (κ3) is 13.2. The number of benzene rings is 1. The maximum absolute atomic E-state index is 12.9. The van der Waals surface area contributed by atoms with E-state index in [0.29, 0.717) is 5.56 Å². The molecular formula is C26H38N6O11. The van der Waals surface area contributed by atoms with E-state index in [4.69, 9.17) is 15.9 Å². The van der Waals surface area contributed by atoms with Crippen molar-refractivity contribution in [1.82, 2.24) is 26.6 Å². The Kier molecular flexibility index (Phi) is 14.5. The number of carbonyl (C=O) groups is 7. The molecule has 0 aliphatic heterocycles. The van der Waals surface area contributed by atoms with Gasteiger partial charge in [0.15, 0.2) is 0 Å². The molecule has 0 aliphatic rings. The van der Waals surface area contributed by atoms with Crippen molar-refractivity contribution < 1.29 is 54.0 Å². The number of amides is 5. The second-order valence-electron chi connectivity index (χ2n) is 9.98. The lowest BCUT2D eigenvalue weighted by atomic mass is 10.0. The van der Waals surface area contributed by atoms with E-state index in [0.717, 1.165) is 0 Å². The van der Waals surface area contributed by atoms with Crippen molar-refractivity contribution in [2.45, 2.75) is 63.9 Å². The first-order valence-corrected chi connectivity index (χ1v) is 13.1. The van der Waals surface area contributed by atoms with E-state index in [1.54, 1.807) is 13.8 Å². The molecule has 0 spiro atoms. The normalized spacial score (nSPS) is 14.3. The van der Waals surface area contributed by atoms with Crippen LogP contribution < -0.4 is 32.3 Å². The zero-order chi connectivity index (χ0) is 32.9. The van der Waals surface area contributed by atoms with Gasteiger partial charge in [0, 0.05) is 6.42 Å². The van der Waals surface area contributed by atoms with E-state index < -0.39 is 97.2 Å². The molecule has 0 heterocycles. The monoisotopic (exact) mass is 610 g/mol. The van der Waals surface area contributed by atoms with Gasteiger partial charge < -0.3 is 52.7 Å². The Hall–Kier alpha value is -4.77. The summed E-state index contributed by atoms with van der Waals surface area (Å²) in [6.07, 6.45) is -2.19. The van der Waals surface area contributed by atoms with Crippen molar-refractivity contribution in [2.24, 2.45) is 11.7 Å². The molecule has 0 aliphatic carbocycles. The number of aliphatic hydroxyl groups is 1. The smallest absolute Gasteiger partial charge is 0.326 e. The molecule has 1 aromatic rings. The lowest BCUT2D eigenvalue weighted by molar-refractivity contribution is -0.147. The maximum Gasteiger partial charge on any atom is 0.326 e. The van der Waals surface area contributed by atoms with E-state index in [-0.39, 0.29) is 12.2 Å². The standard InChI is InChI=1S/C26H38N6O11/c1-12(2)22(32-24(40)21(27)13(3)33)25(41)29-11-18(35)30-16(8-14-4-6-15(34)7-5-14)23(39)28-10-19(36)31-17(26(42)43)9-20(37)38/h4-7,12-13,16-17,21-22,33-34H,8-11,27H2,1-3H3,(H,28,39)(H,29,41)(H,30,35)(H,31,36)(H,32,40)(H,37,38)(H,42,43). The molecule has 5 amide bonds. The molecule has 1 rings (SSSR count). The van der Waals surface area contributed by atoms with Crippen molar-refractivity contribution in [3.05, 3.63) is 29.8 Å². The Morgan fingerprint density at radius 3 is 1.74 bits per heavy atom. The van der Waals surface area contributed by atoms with Crippen LogP contribution in [0.15, 0.2) is 24.3 Å².